The molecule has 0 aliphatic heterocycles. The molecule has 2 aromatic carbocycles. The fourth-order valence-corrected chi connectivity index (χ4v) is 2.48. The van der Waals surface area contributed by atoms with Gasteiger partial charge in [-0.25, -0.2) is 0 Å². The Kier molecular flexibility index (Phi) is 5.72. The summed E-state index contributed by atoms with van der Waals surface area (Å²) in [5.74, 6) is -1.76. The Balaban J connectivity index is 2.16. The molecule has 0 saturated heterocycles. The maximum atomic E-state index is 12.9. The number of carbonyl (C=O) groups excluding carboxylic acids is 1. The second kappa shape index (κ2) is 7.59. The lowest BCUT2D eigenvalue weighted by atomic mass is 10.1. The average molecular weight is 351 g/mol. The summed E-state index contributed by atoms with van der Waals surface area (Å²) in [4.78, 5) is 12.6. The van der Waals surface area contributed by atoms with Crippen LogP contribution in [0, 0.1) is 13.8 Å². The Morgan fingerprint density at radius 3 is 2.16 bits per heavy atom. The summed E-state index contributed by atoms with van der Waals surface area (Å²) >= 11 is 0. The molecule has 0 fully saturated rings. The summed E-state index contributed by atoms with van der Waals surface area (Å²) in [6.45, 7) is 3.64. The number of nitrogens with zero attached hydrogens (tertiary/aromatic N) is 1. The lowest BCUT2D eigenvalue weighted by Gasteiger charge is -2.24. The molecular formula is C19H20F3NO2. The highest BCUT2D eigenvalue weighted by molar-refractivity contribution is 5.81. The van der Waals surface area contributed by atoms with Crippen LogP contribution in [0.4, 0.5) is 13.2 Å². The largest absolute Gasteiger partial charge is 0.508 e. The van der Waals surface area contributed by atoms with Crippen molar-refractivity contribution in [3.8, 4) is 5.75 Å². The van der Waals surface area contributed by atoms with Crippen LogP contribution < -0.4 is 0 Å². The van der Waals surface area contributed by atoms with E-state index in [1.54, 1.807) is 24.3 Å². The van der Waals surface area contributed by atoms with Gasteiger partial charge in [0, 0.05) is 13.1 Å². The first-order chi connectivity index (χ1) is 11.7. The van der Waals surface area contributed by atoms with E-state index < -0.39 is 12.1 Å². The summed E-state index contributed by atoms with van der Waals surface area (Å²) in [5, 5.41) is 9.26. The summed E-state index contributed by atoms with van der Waals surface area (Å²) in [6, 6.07) is 11.6. The van der Waals surface area contributed by atoms with Gasteiger partial charge in [0.2, 0.25) is 0 Å². The quantitative estimate of drug-likeness (QED) is 0.879. The van der Waals surface area contributed by atoms with Gasteiger partial charge in [-0.05, 0) is 54.7 Å². The molecule has 0 heterocycles. The number of halogens is 3. The van der Waals surface area contributed by atoms with Crippen molar-refractivity contribution in [1.29, 1.82) is 0 Å². The molecule has 0 aliphatic carbocycles. The van der Waals surface area contributed by atoms with E-state index in [4.69, 9.17) is 0 Å². The Bertz CT molecular complexity index is 739. The smallest absolute Gasteiger partial charge is 0.471 e. The fraction of sp³-hybridized carbons (Fsp3) is 0.316. The van der Waals surface area contributed by atoms with Crippen molar-refractivity contribution in [3.05, 3.63) is 64.7 Å². The second-order valence-electron chi connectivity index (χ2n) is 6.06. The number of hydrogen-bond donors (Lipinski definition) is 1. The first kappa shape index (κ1) is 18.8. The van der Waals surface area contributed by atoms with Crippen molar-refractivity contribution in [2.75, 3.05) is 6.54 Å². The summed E-state index contributed by atoms with van der Waals surface area (Å²) < 4.78 is 38.7. The van der Waals surface area contributed by atoms with Gasteiger partial charge in [0.1, 0.15) is 5.75 Å². The average Bonchev–Trinajstić information content (AvgIpc) is 2.54. The van der Waals surface area contributed by atoms with Gasteiger partial charge in [0.15, 0.2) is 0 Å². The number of alkyl halides is 3. The normalized spacial score (nSPS) is 11.4. The van der Waals surface area contributed by atoms with E-state index in [0.29, 0.717) is 5.56 Å². The number of hydrogen-bond acceptors (Lipinski definition) is 2. The van der Waals surface area contributed by atoms with E-state index in [1.807, 2.05) is 19.9 Å². The zero-order valence-electron chi connectivity index (χ0n) is 14.1. The zero-order valence-corrected chi connectivity index (χ0v) is 14.1. The van der Waals surface area contributed by atoms with E-state index in [2.05, 4.69) is 0 Å². The van der Waals surface area contributed by atoms with Crippen LogP contribution in [0.25, 0.3) is 0 Å². The monoisotopic (exact) mass is 351 g/mol. The van der Waals surface area contributed by atoms with E-state index in [1.165, 1.54) is 12.1 Å². The SMILES string of the molecule is Cc1ccc(CN(CCc2ccc(O)cc2)C(=O)C(F)(F)F)cc1C. The van der Waals surface area contributed by atoms with Gasteiger partial charge in [-0.3, -0.25) is 4.79 Å². The topological polar surface area (TPSA) is 40.5 Å². The highest BCUT2D eigenvalue weighted by Crippen LogP contribution is 2.21. The van der Waals surface area contributed by atoms with E-state index >= 15 is 0 Å². The van der Waals surface area contributed by atoms with Gasteiger partial charge in [-0.2, -0.15) is 13.2 Å². The lowest BCUT2D eigenvalue weighted by molar-refractivity contribution is -0.186. The number of rotatable bonds is 5. The van der Waals surface area contributed by atoms with Crippen molar-refractivity contribution in [2.45, 2.75) is 33.0 Å². The Hall–Kier alpha value is -2.50. The lowest BCUT2D eigenvalue weighted by Crippen LogP contribution is -2.41. The van der Waals surface area contributed by atoms with E-state index in [9.17, 15) is 23.1 Å². The van der Waals surface area contributed by atoms with Crippen LogP contribution in [-0.2, 0) is 17.8 Å². The standard InChI is InChI=1S/C19H20F3NO2/c1-13-3-4-16(11-14(13)2)12-23(18(25)19(20,21)22)10-9-15-5-7-17(24)8-6-15/h3-8,11,24H,9-10,12H2,1-2H3. The van der Waals surface area contributed by atoms with Crippen molar-refractivity contribution in [2.24, 2.45) is 0 Å². The third-order valence-corrected chi connectivity index (χ3v) is 4.08. The molecule has 0 radical (unpaired) electrons. The molecule has 0 unspecified atom stereocenters. The summed E-state index contributed by atoms with van der Waals surface area (Å²) in [6.07, 6.45) is -4.64. The Labute approximate surface area is 144 Å². The van der Waals surface area contributed by atoms with Crippen LogP contribution in [0.3, 0.4) is 0 Å². The molecule has 0 spiro atoms. The molecule has 0 atom stereocenters. The highest BCUT2D eigenvalue weighted by Gasteiger charge is 2.42. The third kappa shape index (κ3) is 5.24. The number of aromatic hydroxyl groups is 1. The van der Waals surface area contributed by atoms with Crippen LogP contribution in [0.5, 0.6) is 5.75 Å². The van der Waals surface area contributed by atoms with Crippen LogP contribution in [0.15, 0.2) is 42.5 Å². The van der Waals surface area contributed by atoms with Gasteiger partial charge in [0.05, 0.1) is 0 Å². The molecule has 0 aromatic heterocycles. The summed E-state index contributed by atoms with van der Waals surface area (Å²) in [7, 11) is 0. The van der Waals surface area contributed by atoms with Gasteiger partial charge < -0.3 is 10.0 Å². The molecular weight excluding hydrogens is 331 g/mol. The molecule has 0 bridgehead atoms. The number of benzene rings is 2. The Morgan fingerprint density at radius 1 is 1.00 bits per heavy atom. The molecule has 0 saturated carbocycles. The predicted octanol–water partition coefficient (Wildman–Crippen LogP) is 4.14. The molecule has 1 amide bonds. The van der Waals surface area contributed by atoms with Crippen molar-refractivity contribution < 1.29 is 23.1 Å². The highest BCUT2D eigenvalue weighted by atomic mass is 19.4. The van der Waals surface area contributed by atoms with Crippen molar-refractivity contribution >= 4 is 5.91 Å². The Morgan fingerprint density at radius 2 is 1.60 bits per heavy atom. The van der Waals surface area contributed by atoms with Crippen LogP contribution in [0.2, 0.25) is 0 Å². The summed E-state index contributed by atoms with van der Waals surface area (Å²) in [5.41, 5.74) is 3.42. The first-order valence-electron chi connectivity index (χ1n) is 7.87. The first-order valence-corrected chi connectivity index (χ1v) is 7.87. The predicted molar refractivity (Wildman–Crippen MR) is 89.2 cm³/mol. The maximum Gasteiger partial charge on any atom is 0.471 e. The minimum absolute atomic E-state index is 0.0595. The zero-order chi connectivity index (χ0) is 18.6. The molecule has 1 N–H and O–H groups in total. The molecule has 25 heavy (non-hydrogen) atoms. The number of phenolic OH excluding ortho intramolecular Hbond substituents is 1. The molecule has 2 aromatic rings. The van der Waals surface area contributed by atoms with Gasteiger partial charge >= 0.3 is 12.1 Å². The number of carbonyl (C=O) groups is 1. The van der Waals surface area contributed by atoms with Gasteiger partial charge in [-0.1, -0.05) is 30.3 Å². The molecule has 134 valence electrons. The van der Waals surface area contributed by atoms with Gasteiger partial charge in [0.25, 0.3) is 0 Å². The molecule has 2 rings (SSSR count). The minimum atomic E-state index is -4.91. The van der Waals surface area contributed by atoms with Crippen LogP contribution >= 0.6 is 0 Å². The molecule has 6 heteroatoms. The van der Waals surface area contributed by atoms with E-state index in [0.717, 1.165) is 21.6 Å². The number of phenols is 1. The van der Waals surface area contributed by atoms with Gasteiger partial charge in [-0.15, -0.1) is 0 Å². The fourth-order valence-electron chi connectivity index (χ4n) is 2.48. The minimum Gasteiger partial charge on any atom is -0.508 e. The molecule has 3 nitrogen and oxygen atoms in total. The van der Waals surface area contributed by atoms with Crippen molar-refractivity contribution in [3.63, 3.8) is 0 Å². The van der Waals surface area contributed by atoms with Crippen LogP contribution in [0.1, 0.15) is 22.3 Å². The third-order valence-electron chi connectivity index (χ3n) is 4.08. The molecule has 0 aliphatic rings. The maximum absolute atomic E-state index is 12.9. The van der Waals surface area contributed by atoms with Crippen molar-refractivity contribution in [1.82, 2.24) is 4.90 Å². The second-order valence-corrected chi connectivity index (χ2v) is 6.06. The van der Waals surface area contributed by atoms with E-state index in [-0.39, 0.29) is 25.3 Å². The van der Waals surface area contributed by atoms with Crippen LogP contribution in [-0.4, -0.2) is 28.6 Å². The number of aryl methyl sites for hydroxylation is 2. The number of amides is 1.